The van der Waals surface area contributed by atoms with Crippen molar-refractivity contribution >= 4 is 17.4 Å². The van der Waals surface area contributed by atoms with Crippen molar-refractivity contribution in [2.75, 3.05) is 24.2 Å². The third kappa shape index (κ3) is 2.58. The predicted molar refractivity (Wildman–Crippen MR) is 88.8 cm³/mol. The SMILES string of the molecule is CCC1CNC(C)(C2CC2)CN1c1ccccc1SC. The molecule has 2 nitrogen and oxygen atoms in total. The lowest BCUT2D eigenvalue weighted by Gasteiger charge is -2.48. The first-order chi connectivity index (χ1) is 9.68. The van der Waals surface area contributed by atoms with Crippen molar-refractivity contribution in [3.63, 3.8) is 0 Å². The van der Waals surface area contributed by atoms with Crippen molar-refractivity contribution in [1.82, 2.24) is 5.32 Å². The van der Waals surface area contributed by atoms with Crippen molar-refractivity contribution in [2.45, 2.75) is 49.6 Å². The van der Waals surface area contributed by atoms with Gasteiger partial charge in [-0.3, -0.25) is 0 Å². The molecule has 2 aliphatic rings. The Morgan fingerprint density at radius 3 is 2.75 bits per heavy atom. The van der Waals surface area contributed by atoms with E-state index in [9.17, 15) is 0 Å². The Hall–Kier alpha value is -0.670. The van der Waals surface area contributed by atoms with E-state index in [0.717, 1.165) is 19.0 Å². The Balaban J connectivity index is 1.90. The van der Waals surface area contributed by atoms with E-state index in [-0.39, 0.29) is 0 Å². The van der Waals surface area contributed by atoms with E-state index in [1.165, 1.54) is 29.8 Å². The van der Waals surface area contributed by atoms with E-state index in [1.807, 2.05) is 11.8 Å². The Kier molecular flexibility index (Phi) is 4.00. The van der Waals surface area contributed by atoms with Gasteiger partial charge in [-0.15, -0.1) is 11.8 Å². The van der Waals surface area contributed by atoms with Crippen LogP contribution in [-0.4, -0.2) is 30.9 Å². The van der Waals surface area contributed by atoms with E-state index in [2.05, 4.69) is 54.6 Å². The maximum absolute atomic E-state index is 3.85. The molecule has 0 spiro atoms. The molecule has 2 fully saturated rings. The molecule has 2 unspecified atom stereocenters. The maximum Gasteiger partial charge on any atom is 0.0507 e. The zero-order valence-corrected chi connectivity index (χ0v) is 13.7. The molecule has 1 aromatic rings. The van der Waals surface area contributed by atoms with Gasteiger partial charge >= 0.3 is 0 Å². The number of hydrogen-bond donors (Lipinski definition) is 1. The summed E-state index contributed by atoms with van der Waals surface area (Å²) in [5.41, 5.74) is 1.73. The smallest absolute Gasteiger partial charge is 0.0507 e. The monoisotopic (exact) mass is 290 g/mol. The predicted octanol–water partition coefficient (Wildman–Crippen LogP) is 3.77. The second kappa shape index (κ2) is 5.61. The quantitative estimate of drug-likeness (QED) is 0.850. The minimum atomic E-state index is 0.303. The van der Waals surface area contributed by atoms with Crippen molar-refractivity contribution in [1.29, 1.82) is 0 Å². The van der Waals surface area contributed by atoms with Gasteiger partial charge in [-0.25, -0.2) is 0 Å². The molecule has 2 atom stereocenters. The van der Waals surface area contributed by atoms with Crippen LogP contribution in [0.1, 0.15) is 33.1 Å². The largest absolute Gasteiger partial charge is 0.365 e. The van der Waals surface area contributed by atoms with Gasteiger partial charge in [-0.1, -0.05) is 19.1 Å². The third-order valence-electron chi connectivity index (χ3n) is 5.03. The molecule has 1 aliphatic carbocycles. The summed E-state index contributed by atoms with van der Waals surface area (Å²) in [7, 11) is 0. The Bertz CT molecular complexity index is 472. The van der Waals surface area contributed by atoms with Crippen molar-refractivity contribution in [2.24, 2.45) is 5.92 Å². The Labute approximate surface area is 127 Å². The number of nitrogens with zero attached hydrogens (tertiary/aromatic N) is 1. The average Bonchev–Trinajstić information content (AvgIpc) is 3.32. The van der Waals surface area contributed by atoms with Crippen LogP contribution in [0.25, 0.3) is 0 Å². The third-order valence-corrected chi connectivity index (χ3v) is 5.81. The summed E-state index contributed by atoms with van der Waals surface area (Å²) < 4.78 is 0. The number of hydrogen-bond acceptors (Lipinski definition) is 3. The molecule has 0 aromatic heterocycles. The molecular formula is C17H26N2S. The Morgan fingerprint density at radius 2 is 2.10 bits per heavy atom. The van der Waals surface area contributed by atoms with E-state index in [0.29, 0.717) is 11.6 Å². The van der Waals surface area contributed by atoms with Gasteiger partial charge in [0.05, 0.1) is 5.69 Å². The molecule has 20 heavy (non-hydrogen) atoms. The van der Waals surface area contributed by atoms with Gasteiger partial charge in [-0.2, -0.15) is 0 Å². The number of rotatable bonds is 4. The molecule has 1 saturated carbocycles. The number of thioether (sulfide) groups is 1. The highest BCUT2D eigenvalue weighted by molar-refractivity contribution is 7.98. The molecule has 1 heterocycles. The van der Waals surface area contributed by atoms with Gasteiger partial charge < -0.3 is 10.2 Å². The van der Waals surface area contributed by atoms with Crippen LogP contribution < -0.4 is 10.2 Å². The highest BCUT2D eigenvalue weighted by Crippen LogP contribution is 2.43. The first kappa shape index (κ1) is 14.3. The van der Waals surface area contributed by atoms with Crippen LogP contribution in [0.5, 0.6) is 0 Å². The normalized spacial score (nSPS) is 30.6. The first-order valence-electron chi connectivity index (χ1n) is 7.82. The number of anilines is 1. The van der Waals surface area contributed by atoms with Crippen LogP contribution in [-0.2, 0) is 0 Å². The Morgan fingerprint density at radius 1 is 1.35 bits per heavy atom. The van der Waals surface area contributed by atoms with Crippen LogP contribution in [0, 0.1) is 5.92 Å². The van der Waals surface area contributed by atoms with Crippen LogP contribution in [0.4, 0.5) is 5.69 Å². The fourth-order valence-electron chi connectivity index (χ4n) is 3.51. The summed E-state index contributed by atoms with van der Waals surface area (Å²) in [6.07, 6.45) is 6.19. The van der Waals surface area contributed by atoms with Crippen LogP contribution in [0.2, 0.25) is 0 Å². The van der Waals surface area contributed by atoms with Crippen LogP contribution in [0.15, 0.2) is 29.2 Å². The second-order valence-electron chi connectivity index (χ2n) is 6.43. The summed E-state index contributed by atoms with van der Waals surface area (Å²) >= 11 is 1.86. The number of nitrogens with one attached hydrogen (secondary N) is 1. The van der Waals surface area contributed by atoms with Crippen LogP contribution in [0.3, 0.4) is 0 Å². The van der Waals surface area contributed by atoms with Crippen molar-refractivity contribution in [3.05, 3.63) is 24.3 Å². The molecule has 1 saturated heterocycles. The van der Waals surface area contributed by atoms with Gasteiger partial charge in [0.2, 0.25) is 0 Å². The van der Waals surface area contributed by atoms with Crippen molar-refractivity contribution in [3.8, 4) is 0 Å². The molecule has 0 amide bonds. The highest BCUT2D eigenvalue weighted by Gasteiger charge is 2.46. The minimum absolute atomic E-state index is 0.303. The van der Waals surface area contributed by atoms with Gasteiger partial charge in [0.1, 0.15) is 0 Å². The fraction of sp³-hybridized carbons (Fsp3) is 0.647. The lowest BCUT2D eigenvalue weighted by Crippen LogP contribution is -2.64. The molecule has 110 valence electrons. The summed E-state index contributed by atoms with van der Waals surface area (Å²) in [5, 5.41) is 3.85. The number of piperazine rings is 1. The van der Waals surface area contributed by atoms with Gasteiger partial charge in [0, 0.05) is 29.6 Å². The molecule has 3 heteroatoms. The van der Waals surface area contributed by atoms with Gasteiger partial charge in [0.15, 0.2) is 0 Å². The van der Waals surface area contributed by atoms with Gasteiger partial charge in [-0.05, 0) is 50.5 Å². The van der Waals surface area contributed by atoms with E-state index < -0.39 is 0 Å². The summed E-state index contributed by atoms with van der Waals surface area (Å²) in [6.45, 7) is 6.99. The molecular weight excluding hydrogens is 264 g/mol. The molecule has 1 N–H and O–H groups in total. The minimum Gasteiger partial charge on any atom is -0.365 e. The second-order valence-corrected chi connectivity index (χ2v) is 7.28. The summed E-state index contributed by atoms with van der Waals surface area (Å²) in [5.74, 6) is 0.879. The molecule has 0 radical (unpaired) electrons. The zero-order valence-electron chi connectivity index (χ0n) is 12.9. The summed E-state index contributed by atoms with van der Waals surface area (Å²) in [6, 6.07) is 9.50. The lowest BCUT2D eigenvalue weighted by molar-refractivity contribution is 0.252. The average molecular weight is 290 g/mol. The van der Waals surface area contributed by atoms with E-state index in [4.69, 9.17) is 0 Å². The number of para-hydroxylation sites is 1. The maximum atomic E-state index is 3.85. The molecule has 1 aromatic carbocycles. The van der Waals surface area contributed by atoms with E-state index >= 15 is 0 Å². The topological polar surface area (TPSA) is 15.3 Å². The van der Waals surface area contributed by atoms with E-state index in [1.54, 1.807) is 0 Å². The number of benzene rings is 1. The summed E-state index contributed by atoms with van der Waals surface area (Å²) in [4.78, 5) is 4.08. The first-order valence-corrected chi connectivity index (χ1v) is 9.05. The highest BCUT2D eigenvalue weighted by atomic mass is 32.2. The molecule has 0 bridgehead atoms. The van der Waals surface area contributed by atoms with Gasteiger partial charge in [0.25, 0.3) is 0 Å². The molecule has 1 aliphatic heterocycles. The fourth-order valence-corrected chi connectivity index (χ4v) is 4.12. The molecule has 3 rings (SSSR count). The van der Waals surface area contributed by atoms with Crippen LogP contribution >= 0.6 is 11.8 Å². The standard InChI is InChI=1S/C17H26N2S/c1-4-14-11-18-17(2,13-9-10-13)12-19(14)15-7-5-6-8-16(15)20-3/h5-8,13-14,18H,4,9-12H2,1-3H3. The lowest BCUT2D eigenvalue weighted by atomic mass is 9.90. The van der Waals surface area contributed by atoms with Crippen molar-refractivity contribution < 1.29 is 0 Å². The zero-order chi connectivity index (χ0) is 14.2.